The molecule has 4 nitrogen and oxygen atoms in total. The van der Waals surface area contributed by atoms with Gasteiger partial charge in [0.2, 0.25) is 0 Å². The van der Waals surface area contributed by atoms with Gasteiger partial charge in [0, 0.05) is 0 Å². The predicted molar refractivity (Wildman–Crippen MR) is 70.6 cm³/mol. The smallest absolute Gasteiger partial charge is 0.329 e. The first kappa shape index (κ1) is 14.5. The molecule has 1 unspecified atom stereocenters. The average molecular weight is 251 g/mol. The van der Waals surface area contributed by atoms with Crippen LogP contribution < -0.4 is 10.5 Å². The third-order valence-electron chi connectivity index (χ3n) is 2.76. The second-order valence-corrected chi connectivity index (χ2v) is 4.67. The number of nitrogens with two attached hydrogens (primary N) is 1. The molecule has 0 amide bonds. The van der Waals surface area contributed by atoms with E-state index in [9.17, 15) is 4.79 Å². The van der Waals surface area contributed by atoms with Crippen molar-refractivity contribution >= 4 is 5.97 Å². The lowest BCUT2D eigenvalue weighted by Crippen LogP contribution is -2.51. The maximum absolute atomic E-state index is 11.6. The molecule has 0 spiro atoms. The van der Waals surface area contributed by atoms with Crippen LogP contribution in [0.15, 0.2) is 18.2 Å². The number of rotatable bonds is 5. The molecule has 0 saturated heterocycles. The van der Waals surface area contributed by atoms with Gasteiger partial charge in [-0.3, -0.25) is 0 Å². The zero-order chi connectivity index (χ0) is 13.8. The zero-order valence-corrected chi connectivity index (χ0v) is 11.4. The minimum atomic E-state index is -1.13. The van der Waals surface area contributed by atoms with Gasteiger partial charge in [-0.15, -0.1) is 0 Å². The highest BCUT2D eigenvalue weighted by Crippen LogP contribution is 2.17. The second kappa shape index (κ2) is 5.87. The van der Waals surface area contributed by atoms with E-state index in [0.717, 1.165) is 5.56 Å². The number of ether oxygens (including phenoxy) is 2. The van der Waals surface area contributed by atoms with E-state index in [1.165, 1.54) is 5.56 Å². The number of esters is 1. The Morgan fingerprint density at radius 2 is 2.00 bits per heavy atom. The van der Waals surface area contributed by atoms with Gasteiger partial charge in [0.05, 0.1) is 6.61 Å². The Labute approximate surface area is 108 Å². The highest BCUT2D eigenvalue weighted by Gasteiger charge is 2.31. The summed E-state index contributed by atoms with van der Waals surface area (Å²) in [7, 11) is 0. The molecule has 0 saturated carbocycles. The van der Waals surface area contributed by atoms with Gasteiger partial charge in [-0.2, -0.15) is 0 Å². The summed E-state index contributed by atoms with van der Waals surface area (Å²) in [4.78, 5) is 11.6. The lowest BCUT2D eigenvalue weighted by Gasteiger charge is -2.22. The molecule has 0 fully saturated rings. The number of aryl methyl sites for hydroxylation is 2. The van der Waals surface area contributed by atoms with Crippen molar-refractivity contribution in [2.45, 2.75) is 33.2 Å². The molecule has 0 bridgehead atoms. The summed E-state index contributed by atoms with van der Waals surface area (Å²) in [5, 5.41) is 0. The number of carbonyl (C=O) groups excluding carboxylic acids is 1. The lowest BCUT2D eigenvalue weighted by molar-refractivity contribution is -0.150. The van der Waals surface area contributed by atoms with Crippen molar-refractivity contribution in [2.75, 3.05) is 13.2 Å². The first-order chi connectivity index (χ1) is 8.36. The summed E-state index contributed by atoms with van der Waals surface area (Å²) in [6, 6.07) is 5.77. The van der Waals surface area contributed by atoms with E-state index in [1.54, 1.807) is 13.8 Å². The van der Waals surface area contributed by atoms with Gasteiger partial charge in [0.25, 0.3) is 0 Å². The van der Waals surface area contributed by atoms with Crippen LogP contribution in [0.2, 0.25) is 0 Å². The molecule has 0 heterocycles. The van der Waals surface area contributed by atoms with Crippen LogP contribution in [0.1, 0.15) is 25.0 Å². The molecule has 1 atom stereocenters. The average Bonchev–Trinajstić information content (AvgIpc) is 2.31. The summed E-state index contributed by atoms with van der Waals surface area (Å²) in [5.74, 6) is 0.257. The molecule has 1 rings (SSSR count). The molecule has 1 aromatic rings. The van der Waals surface area contributed by atoms with Crippen molar-refractivity contribution in [3.63, 3.8) is 0 Å². The van der Waals surface area contributed by atoms with Gasteiger partial charge < -0.3 is 15.2 Å². The van der Waals surface area contributed by atoms with Crippen molar-refractivity contribution in [3.05, 3.63) is 29.3 Å². The van der Waals surface area contributed by atoms with Crippen molar-refractivity contribution in [2.24, 2.45) is 5.73 Å². The quantitative estimate of drug-likeness (QED) is 0.813. The van der Waals surface area contributed by atoms with Crippen LogP contribution in [0, 0.1) is 13.8 Å². The van der Waals surface area contributed by atoms with E-state index in [-0.39, 0.29) is 6.61 Å². The molecule has 0 aliphatic carbocycles. The van der Waals surface area contributed by atoms with Gasteiger partial charge in [-0.05, 0) is 51.0 Å². The van der Waals surface area contributed by atoms with E-state index >= 15 is 0 Å². The number of carbonyl (C=O) groups is 1. The standard InChI is InChI=1S/C14H21NO3/c1-5-17-13(16)14(4,15)9-18-12-7-6-10(2)11(3)8-12/h6-8H,5,9,15H2,1-4H3. The van der Waals surface area contributed by atoms with E-state index in [0.29, 0.717) is 12.4 Å². The molecule has 100 valence electrons. The highest BCUT2D eigenvalue weighted by atomic mass is 16.5. The Morgan fingerprint density at radius 3 is 2.56 bits per heavy atom. The van der Waals surface area contributed by atoms with Crippen LogP contribution in [0.25, 0.3) is 0 Å². The Bertz CT molecular complexity index is 427. The van der Waals surface area contributed by atoms with Crippen molar-refractivity contribution < 1.29 is 14.3 Å². The molecule has 0 aliphatic rings. The Morgan fingerprint density at radius 1 is 1.33 bits per heavy atom. The monoisotopic (exact) mass is 251 g/mol. The van der Waals surface area contributed by atoms with Crippen molar-refractivity contribution in [1.82, 2.24) is 0 Å². The largest absolute Gasteiger partial charge is 0.491 e. The molecule has 0 radical (unpaired) electrons. The lowest BCUT2D eigenvalue weighted by atomic mass is 10.1. The maximum atomic E-state index is 11.6. The minimum absolute atomic E-state index is 0.0916. The van der Waals surface area contributed by atoms with Crippen LogP contribution >= 0.6 is 0 Å². The molecule has 18 heavy (non-hydrogen) atoms. The minimum Gasteiger partial charge on any atom is -0.491 e. The Kier molecular flexibility index (Phi) is 4.73. The van der Waals surface area contributed by atoms with Crippen molar-refractivity contribution in [1.29, 1.82) is 0 Å². The predicted octanol–water partition coefficient (Wildman–Crippen LogP) is 1.96. The normalized spacial score (nSPS) is 13.8. The maximum Gasteiger partial charge on any atom is 0.329 e. The summed E-state index contributed by atoms with van der Waals surface area (Å²) in [6.45, 7) is 7.80. The summed E-state index contributed by atoms with van der Waals surface area (Å²) in [5.41, 5.74) is 7.07. The number of hydrogen-bond donors (Lipinski definition) is 1. The van der Waals surface area contributed by atoms with Gasteiger partial charge in [-0.25, -0.2) is 4.79 Å². The third-order valence-corrected chi connectivity index (χ3v) is 2.76. The van der Waals surface area contributed by atoms with Gasteiger partial charge >= 0.3 is 5.97 Å². The van der Waals surface area contributed by atoms with E-state index in [4.69, 9.17) is 15.2 Å². The molecule has 0 aromatic heterocycles. The van der Waals surface area contributed by atoms with E-state index in [2.05, 4.69) is 0 Å². The van der Waals surface area contributed by atoms with Crippen LogP contribution in [0.3, 0.4) is 0 Å². The Hall–Kier alpha value is -1.55. The molecular weight excluding hydrogens is 230 g/mol. The Balaban J connectivity index is 2.63. The fourth-order valence-electron chi connectivity index (χ4n) is 1.39. The fourth-order valence-corrected chi connectivity index (χ4v) is 1.39. The number of benzene rings is 1. The van der Waals surface area contributed by atoms with Gasteiger partial charge in [0.1, 0.15) is 17.9 Å². The molecular formula is C14H21NO3. The van der Waals surface area contributed by atoms with Crippen molar-refractivity contribution in [3.8, 4) is 5.75 Å². The van der Waals surface area contributed by atoms with Crippen LogP contribution in [0.5, 0.6) is 5.75 Å². The summed E-state index contributed by atoms with van der Waals surface area (Å²) in [6.07, 6.45) is 0. The zero-order valence-electron chi connectivity index (χ0n) is 11.4. The number of hydrogen-bond acceptors (Lipinski definition) is 4. The fraction of sp³-hybridized carbons (Fsp3) is 0.500. The van der Waals surface area contributed by atoms with Crippen LogP contribution in [-0.2, 0) is 9.53 Å². The highest BCUT2D eigenvalue weighted by molar-refractivity contribution is 5.80. The molecule has 2 N–H and O–H groups in total. The summed E-state index contributed by atoms with van der Waals surface area (Å²) >= 11 is 0. The molecule has 0 aliphatic heterocycles. The van der Waals surface area contributed by atoms with Gasteiger partial charge in [0.15, 0.2) is 0 Å². The first-order valence-electron chi connectivity index (χ1n) is 6.03. The van der Waals surface area contributed by atoms with E-state index in [1.807, 2.05) is 32.0 Å². The molecule has 4 heteroatoms. The SMILES string of the molecule is CCOC(=O)C(C)(N)COc1ccc(C)c(C)c1. The molecule has 1 aromatic carbocycles. The van der Waals surface area contributed by atoms with Crippen LogP contribution in [-0.4, -0.2) is 24.7 Å². The van der Waals surface area contributed by atoms with E-state index < -0.39 is 11.5 Å². The van der Waals surface area contributed by atoms with Crippen LogP contribution in [0.4, 0.5) is 0 Å². The first-order valence-corrected chi connectivity index (χ1v) is 6.03. The second-order valence-electron chi connectivity index (χ2n) is 4.67. The van der Waals surface area contributed by atoms with Gasteiger partial charge in [-0.1, -0.05) is 6.07 Å². The topological polar surface area (TPSA) is 61.5 Å². The summed E-state index contributed by atoms with van der Waals surface area (Å²) < 4.78 is 10.4. The third kappa shape index (κ3) is 3.74.